The van der Waals surface area contributed by atoms with Gasteiger partial charge in [0, 0.05) is 0 Å². The summed E-state index contributed by atoms with van der Waals surface area (Å²) in [6, 6.07) is 0. The molecule has 1 saturated heterocycles. The molecular weight excluding hydrogens is 383 g/mol. The Labute approximate surface area is 138 Å². The first-order valence-electron chi connectivity index (χ1n) is 4.77. The van der Waals surface area contributed by atoms with E-state index in [4.69, 9.17) is 79.1 Å². The number of aromatic nitrogens is 3. The second-order valence-electron chi connectivity index (χ2n) is 3.48. The van der Waals surface area contributed by atoms with Gasteiger partial charge in [-0.05, 0) is 0 Å². The largest absolute Gasteiger partial charge is 0.352 e. The highest BCUT2D eigenvalue weighted by Gasteiger charge is 2.35. The second kappa shape index (κ2) is 5.81. The standard InChI is InChI=1S/C8H5Cl6N3O2/c9-7(10,11)5-15-4(3-1-18-2-19-3)16-6(17-5)8(12,13)14/h3H,1-2H2. The molecule has 1 unspecified atom stereocenters. The fraction of sp³-hybridized carbons (Fsp3) is 0.625. The van der Waals surface area contributed by atoms with Gasteiger partial charge in [0.05, 0.1) is 6.61 Å². The molecule has 0 radical (unpaired) electrons. The second-order valence-corrected chi connectivity index (χ2v) is 8.04. The van der Waals surface area contributed by atoms with Crippen molar-refractivity contribution in [2.24, 2.45) is 0 Å². The summed E-state index contributed by atoms with van der Waals surface area (Å²) >= 11 is 34.4. The fourth-order valence-corrected chi connectivity index (χ4v) is 1.78. The first-order valence-corrected chi connectivity index (χ1v) is 7.04. The Morgan fingerprint density at radius 1 is 0.895 bits per heavy atom. The predicted octanol–water partition coefficient (Wildman–Crippen LogP) is 3.57. The Bertz CT molecular complexity index is 436. The quantitative estimate of drug-likeness (QED) is 0.689. The predicted molar refractivity (Wildman–Crippen MR) is 72.9 cm³/mol. The minimum absolute atomic E-state index is 0.114. The molecule has 1 aliphatic rings. The number of alkyl halides is 6. The summed E-state index contributed by atoms with van der Waals surface area (Å²) in [6.07, 6.45) is -0.528. The van der Waals surface area contributed by atoms with Gasteiger partial charge in [0.1, 0.15) is 12.9 Å². The van der Waals surface area contributed by atoms with Crippen LogP contribution in [0.15, 0.2) is 0 Å². The highest BCUT2D eigenvalue weighted by molar-refractivity contribution is 6.67. The highest BCUT2D eigenvalue weighted by atomic mass is 35.6. The van der Waals surface area contributed by atoms with E-state index in [-0.39, 0.29) is 30.9 Å². The van der Waals surface area contributed by atoms with Gasteiger partial charge in [0.15, 0.2) is 17.5 Å². The molecular formula is C8H5Cl6N3O2. The molecule has 0 aliphatic carbocycles. The molecule has 0 amide bonds. The van der Waals surface area contributed by atoms with Crippen LogP contribution in [0.25, 0.3) is 0 Å². The van der Waals surface area contributed by atoms with Crippen LogP contribution in [0.5, 0.6) is 0 Å². The highest BCUT2D eigenvalue weighted by Crippen LogP contribution is 2.40. The van der Waals surface area contributed by atoms with E-state index in [9.17, 15) is 0 Å². The van der Waals surface area contributed by atoms with Crippen LogP contribution in [0.1, 0.15) is 23.6 Å². The van der Waals surface area contributed by atoms with Crippen LogP contribution in [0.2, 0.25) is 0 Å². The molecule has 0 bridgehead atoms. The summed E-state index contributed by atoms with van der Waals surface area (Å²) in [4.78, 5) is 11.8. The van der Waals surface area contributed by atoms with Gasteiger partial charge in [0.25, 0.3) is 0 Å². The molecule has 2 heterocycles. The average Bonchev–Trinajstić information content (AvgIpc) is 2.79. The lowest BCUT2D eigenvalue weighted by molar-refractivity contribution is 0.0441. The number of halogens is 6. The van der Waals surface area contributed by atoms with Crippen molar-refractivity contribution < 1.29 is 9.47 Å². The zero-order valence-corrected chi connectivity index (χ0v) is 13.5. The van der Waals surface area contributed by atoms with Gasteiger partial charge in [-0.3, -0.25) is 0 Å². The van der Waals surface area contributed by atoms with Crippen molar-refractivity contribution in [1.29, 1.82) is 0 Å². The topological polar surface area (TPSA) is 57.1 Å². The fourth-order valence-electron chi connectivity index (χ4n) is 1.27. The molecule has 19 heavy (non-hydrogen) atoms. The molecule has 1 fully saturated rings. The van der Waals surface area contributed by atoms with Gasteiger partial charge >= 0.3 is 0 Å². The number of ether oxygens (including phenoxy) is 2. The normalized spacial score (nSPS) is 20.8. The van der Waals surface area contributed by atoms with Crippen LogP contribution in [0, 0.1) is 0 Å². The first-order chi connectivity index (χ1) is 8.68. The van der Waals surface area contributed by atoms with E-state index >= 15 is 0 Å². The van der Waals surface area contributed by atoms with Crippen molar-refractivity contribution in [3.05, 3.63) is 17.5 Å². The summed E-state index contributed by atoms with van der Waals surface area (Å²) in [5.74, 6) is -0.131. The third-order valence-corrected chi connectivity index (χ3v) is 3.08. The van der Waals surface area contributed by atoms with Gasteiger partial charge in [-0.15, -0.1) is 0 Å². The number of hydrogen-bond donors (Lipinski definition) is 0. The van der Waals surface area contributed by atoms with Crippen molar-refractivity contribution in [3.8, 4) is 0 Å². The molecule has 0 saturated carbocycles. The maximum Gasteiger partial charge on any atom is 0.250 e. The Kier molecular flexibility index (Phi) is 4.91. The average molecular weight is 388 g/mol. The van der Waals surface area contributed by atoms with E-state index in [1.165, 1.54) is 0 Å². The van der Waals surface area contributed by atoms with E-state index in [0.29, 0.717) is 0 Å². The van der Waals surface area contributed by atoms with Gasteiger partial charge < -0.3 is 9.47 Å². The maximum atomic E-state index is 5.74. The molecule has 0 spiro atoms. The van der Waals surface area contributed by atoms with E-state index in [2.05, 4.69) is 15.0 Å². The Morgan fingerprint density at radius 2 is 1.42 bits per heavy atom. The lowest BCUT2D eigenvalue weighted by atomic mass is 10.3. The third-order valence-electron chi connectivity index (χ3n) is 2.07. The molecule has 106 valence electrons. The van der Waals surface area contributed by atoms with Crippen LogP contribution < -0.4 is 0 Å². The number of nitrogens with zero attached hydrogens (tertiary/aromatic N) is 3. The van der Waals surface area contributed by atoms with Gasteiger partial charge in [0.2, 0.25) is 7.59 Å². The molecule has 11 heteroatoms. The van der Waals surface area contributed by atoms with Crippen molar-refractivity contribution in [2.45, 2.75) is 13.7 Å². The molecule has 2 rings (SSSR count). The molecule has 1 atom stereocenters. The zero-order valence-electron chi connectivity index (χ0n) is 8.92. The van der Waals surface area contributed by atoms with Crippen molar-refractivity contribution in [2.75, 3.05) is 13.4 Å². The third kappa shape index (κ3) is 4.08. The zero-order chi connectivity index (χ0) is 14.3. The van der Waals surface area contributed by atoms with Crippen LogP contribution >= 0.6 is 69.6 Å². The van der Waals surface area contributed by atoms with E-state index in [1.807, 2.05) is 0 Å². The smallest absolute Gasteiger partial charge is 0.250 e. The van der Waals surface area contributed by atoms with E-state index in [0.717, 1.165) is 0 Å². The maximum absolute atomic E-state index is 5.74. The summed E-state index contributed by atoms with van der Waals surface area (Å²) < 4.78 is 6.54. The minimum Gasteiger partial charge on any atom is -0.352 e. The Morgan fingerprint density at radius 3 is 1.79 bits per heavy atom. The summed E-state index contributed by atoms with van der Waals surface area (Å²) in [6.45, 7) is 0.366. The lowest BCUT2D eigenvalue weighted by Crippen LogP contribution is -2.20. The van der Waals surface area contributed by atoms with Crippen LogP contribution in [-0.2, 0) is 17.1 Å². The molecule has 1 aromatic rings. The van der Waals surface area contributed by atoms with Crippen molar-refractivity contribution >= 4 is 69.6 Å². The van der Waals surface area contributed by atoms with Crippen molar-refractivity contribution in [1.82, 2.24) is 15.0 Å². The molecule has 0 N–H and O–H groups in total. The number of rotatable bonds is 1. The van der Waals surface area contributed by atoms with Crippen LogP contribution in [0.4, 0.5) is 0 Å². The lowest BCUT2D eigenvalue weighted by Gasteiger charge is -2.16. The van der Waals surface area contributed by atoms with Crippen LogP contribution in [-0.4, -0.2) is 28.4 Å². The molecule has 1 aliphatic heterocycles. The SMILES string of the molecule is ClC(Cl)(Cl)c1nc(C2COCO2)nc(C(Cl)(Cl)Cl)n1. The summed E-state index contributed by atoms with van der Waals surface area (Å²) in [5, 5.41) is 0. The van der Waals surface area contributed by atoms with E-state index in [1.54, 1.807) is 0 Å². The van der Waals surface area contributed by atoms with E-state index < -0.39 is 13.7 Å². The molecule has 1 aromatic heterocycles. The molecule has 5 nitrogen and oxygen atoms in total. The summed E-state index contributed by atoms with van der Waals surface area (Å²) in [5.41, 5.74) is 0. The Balaban J connectivity index is 2.48. The number of hydrogen-bond acceptors (Lipinski definition) is 5. The van der Waals surface area contributed by atoms with Gasteiger partial charge in [-0.25, -0.2) is 15.0 Å². The van der Waals surface area contributed by atoms with Gasteiger partial charge in [-0.2, -0.15) is 0 Å². The monoisotopic (exact) mass is 385 g/mol. The van der Waals surface area contributed by atoms with Gasteiger partial charge in [-0.1, -0.05) is 69.6 Å². The Hall–Kier alpha value is 0.670. The summed E-state index contributed by atoms with van der Waals surface area (Å²) in [7, 11) is 0. The van der Waals surface area contributed by atoms with Crippen molar-refractivity contribution in [3.63, 3.8) is 0 Å². The molecule has 0 aromatic carbocycles. The van der Waals surface area contributed by atoms with Crippen LogP contribution in [0.3, 0.4) is 0 Å². The minimum atomic E-state index is -1.87. The first kappa shape index (κ1) is 16.0.